The Kier molecular flexibility index (Phi) is 5.27. The molecule has 0 aromatic rings. The summed E-state index contributed by atoms with van der Waals surface area (Å²) in [4.78, 5) is 12.5. The van der Waals surface area contributed by atoms with Crippen LogP contribution in [0.4, 0.5) is 0 Å². The molecule has 0 aliphatic rings. The zero-order valence-electron chi connectivity index (χ0n) is 14.4. The summed E-state index contributed by atoms with van der Waals surface area (Å²) in [7, 11) is 1.61. The van der Waals surface area contributed by atoms with Crippen LogP contribution in [-0.4, -0.2) is 18.9 Å². The SMILES string of the molecule is CCC(C)(C)C(=O)OC(OC)(C(C)(C)C)C(C)(C)C. The van der Waals surface area contributed by atoms with Gasteiger partial charge in [-0.1, -0.05) is 48.5 Å². The first-order chi connectivity index (χ1) is 8.25. The topological polar surface area (TPSA) is 35.5 Å². The summed E-state index contributed by atoms with van der Waals surface area (Å²) in [5.74, 6) is -1.16. The summed E-state index contributed by atoms with van der Waals surface area (Å²) in [5.41, 5.74) is -1.14. The fourth-order valence-electron chi connectivity index (χ4n) is 2.50. The van der Waals surface area contributed by atoms with Gasteiger partial charge in [-0.15, -0.1) is 0 Å². The molecule has 0 spiro atoms. The molecular formula is C16H32O3. The summed E-state index contributed by atoms with van der Waals surface area (Å²) >= 11 is 0. The average Bonchev–Trinajstić information content (AvgIpc) is 2.21. The number of rotatable bonds is 4. The summed E-state index contributed by atoms with van der Waals surface area (Å²) in [5, 5.41) is 0. The second-order valence-corrected chi connectivity index (χ2v) is 7.95. The number of ether oxygens (including phenoxy) is 2. The molecular weight excluding hydrogens is 240 g/mol. The summed E-state index contributed by atoms with van der Waals surface area (Å²) in [6.45, 7) is 18.0. The van der Waals surface area contributed by atoms with E-state index < -0.39 is 11.2 Å². The van der Waals surface area contributed by atoms with Crippen molar-refractivity contribution in [3.05, 3.63) is 0 Å². The van der Waals surface area contributed by atoms with Crippen molar-refractivity contribution < 1.29 is 14.3 Å². The number of hydrogen-bond acceptors (Lipinski definition) is 3. The Bertz CT molecular complexity index is 302. The molecule has 0 N–H and O–H groups in total. The molecule has 0 rings (SSSR count). The minimum Gasteiger partial charge on any atom is -0.431 e. The van der Waals surface area contributed by atoms with Crippen LogP contribution in [0.1, 0.15) is 68.7 Å². The molecule has 0 heterocycles. The van der Waals surface area contributed by atoms with Gasteiger partial charge in [-0.05, 0) is 20.3 Å². The van der Waals surface area contributed by atoms with Gasteiger partial charge in [-0.25, -0.2) is 0 Å². The van der Waals surface area contributed by atoms with Crippen molar-refractivity contribution in [1.82, 2.24) is 0 Å². The smallest absolute Gasteiger partial charge is 0.314 e. The van der Waals surface area contributed by atoms with E-state index in [0.29, 0.717) is 0 Å². The summed E-state index contributed by atoms with van der Waals surface area (Å²) in [6, 6.07) is 0. The lowest BCUT2D eigenvalue weighted by atomic mass is 9.70. The molecule has 3 nitrogen and oxygen atoms in total. The standard InChI is InChI=1S/C16H32O3/c1-11-15(8,9)12(17)19-16(18-10,13(2,3)4)14(5,6)7/h11H2,1-10H3. The number of carbonyl (C=O) groups is 1. The average molecular weight is 272 g/mol. The van der Waals surface area contributed by atoms with Crippen LogP contribution in [0, 0.1) is 16.2 Å². The van der Waals surface area contributed by atoms with Gasteiger partial charge in [-0.2, -0.15) is 0 Å². The van der Waals surface area contributed by atoms with E-state index in [1.54, 1.807) is 7.11 Å². The fourth-order valence-corrected chi connectivity index (χ4v) is 2.50. The van der Waals surface area contributed by atoms with Crippen LogP contribution in [0.3, 0.4) is 0 Å². The Morgan fingerprint density at radius 2 is 1.26 bits per heavy atom. The lowest BCUT2D eigenvalue weighted by Gasteiger charge is -2.51. The molecule has 3 heteroatoms. The van der Waals surface area contributed by atoms with Crippen molar-refractivity contribution in [3.63, 3.8) is 0 Å². The third-order valence-electron chi connectivity index (χ3n) is 3.94. The predicted octanol–water partition coefficient (Wildman–Crippen LogP) is 4.40. The second-order valence-electron chi connectivity index (χ2n) is 7.95. The molecule has 0 saturated carbocycles. The van der Waals surface area contributed by atoms with E-state index in [2.05, 4.69) is 0 Å². The normalized spacial score (nSPS) is 14.4. The van der Waals surface area contributed by atoms with Crippen LogP contribution in [0.15, 0.2) is 0 Å². The number of methoxy groups -OCH3 is 1. The first-order valence-electron chi connectivity index (χ1n) is 7.04. The molecule has 0 fully saturated rings. The van der Waals surface area contributed by atoms with Gasteiger partial charge in [0.05, 0.1) is 5.41 Å². The Labute approximate surface area is 119 Å². The van der Waals surface area contributed by atoms with E-state index in [4.69, 9.17) is 9.47 Å². The van der Waals surface area contributed by atoms with E-state index in [9.17, 15) is 4.79 Å². The molecule has 19 heavy (non-hydrogen) atoms. The molecule has 0 aliphatic carbocycles. The van der Waals surface area contributed by atoms with Crippen molar-refractivity contribution >= 4 is 5.97 Å². The van der Waals surface area contributed by atoms with Gasteiger partial charge in [0, 0.05) is 17.9 Å². The molecule has 0 aromatic heterocycles. The molecule has 0 aliphatic heterocycles. The molecule has 0 atom stereocenters. The summed E-state index contributed by atoms with van der Waals surface area (Å²) < 4.78 is 11.6. The number of carbonyl (C=O) groups excluding carboxylic acids is 1. The minimum atomic E-state index is -0.955. The molecule has 0 amide bonds. The van der Waals surface area contributed by atoms with Gasteiger partial charge >= 0.3 is 5.97 Å². The Hall–Kier alpha value is -0.570. The van der Waals surface area contributed by atoms with Crippen LogP contribution in [0.5, 0.6) is 0 Å². The van der Waals surface area contributed by atoms with Crippen LogP contribution in [0.2, 0.25) is 0 Å². The van der Waals surface area contributed by atoms with E-state index >= 15 is 0 Å². The highest BCUT2D eigenvalue weighted by molar-refractivity contribution is 5.76. The zero-order chi connectivity index (χ0) is 15.7. The largest absolute Gasteiger partial charge is 0.431 e. The fraction of sp³-hybridized carbons (Fsp3) is 0.938. The van der Waals surface area contributed by atoms with Crippen molar-refractivity contribution in [2.24, 2.45) is 16.2 Å². The summed E-state index contributed by atoms with van der Waals surface area (Å²) in [6.07, 6.45) is 0.736. The van der Waals surface area contributed by atoms with Crippen molar-refractivity contribution in [3.8, 4) is 0 Å². The second kappa shape index (κ2) is 5.43. The third-order valence-corrected chi connectivity index (χ3v) is 3.94. The van der Waals surface area contributed by atoms with Crippen LogP contribution < -0.4 is 0 Å². The zero-order valence-corrected chi connectivity index (χ0v) is 14.4. The first-order valence-corrected chi connectivity index (χ1v) is 7.04. The predicted molar refractivity (Wildman–Crippen MR) is 78.8 cm³/mol. The van der Waals surface area contributed by atoms with Gasteiger partial charge in [0.2, 0.25) is 5.79 Å². The highest BCUT2D eigenvalue weighted by Gasteiger charge is 2.56. The van der Waals surface area contributed by atoms with Gasteiger partial charge in [0.1, 0.15) is 0 Å². The van der Waals surface area contributed by atoms with Crippen LogP contribution >= 0.6 is 0 Å². The van der Waals surface area contributed by atoms with E-state index in [-0.39, 0.29) is 16.8 Å². The molecule has 0 unspecified atom stereocenters. The van der Waals surface area contributed by atoms with E-state index in [1.807, 2.05) is 62.3 Å². The molecule has 114 valence electrons. The highest BCUT2D eigenvalue weighted by Crippen LogP contribution is 2.48. The lowest BCUT2D eigenvalue weighted by molar-refractivity contribution is -0.314. The Balaban J connectivity index is 5.62. The van der Waals surface area contributed by atoms with E-state index in [0.717, 1.165) is 6.42 Å². The highest BCUT2D eigenvalue weighted by atomic mass is 16.7. The minimum absolute atomic E-state index is 0.207. The molecule has 0 bridgehead atoms. The van der Waals surface area contributed by atoms with Crippen LogP contribution in [0.25, 0.3) is 0 Å². The number of hydrogen-bond donors (Lipinski definition) is 0. The van der Waals surface area contributed by atoms with Crippen LogP contribution in [-0.2, 0) is 14.3 Å². The molecule has 0 saturated heterocycles. The van der Waals surface area contributed by atoms with Gasteiger partial charge in [0.25, 0.3) is 0 Å². The van der Waals surface area contributed by atoms with E-state index in [1.165, 1.54) is 0 Å². The Morgan fingerprint density at radius 1 is 0.895 bits per heavy atom. The molecule has 0 radical (unpaired) electrons. The maximum absolute atomic E-state index is 12.5. The first kappa shape index (κ1) is 18.4. The van der Waals surface area contributed by atoms with Gasteiger partial charge < -0.3 is 9.47 Å². The molecule has 0 aromatic carbocycles. The number of esters is 1. The Morgan fingerprint density at radius 3 is 1.47 bits per heavy atom. The van der Waals surface area contributed by atoms with Gasteiger partial charge in [0.15, 0.2) is 0 Å². The maximum Gasteiger partial charge on any atom is 0.314 e. The maximum atomic E-state index is 12.5. The van der Waals surface area contributed by atoms with Crippen molar-refractivity contribution in [2.75, 3.05) is 7.11 Å². The van der Waals surface area contributed by atoms with Crippen molar-refractivity contribution in [2.45, 2.75) is 74.5 Å². The van der Waals surface area contributed by atoms with Gasteiger partial charge in [-0.3, -0.25) is 4.79 Å². The quantitative estimate of drug-likeness (QED) is 0.562. The monoisotopic (exact) mass is 272 g/mol. The third kappa shape index (κ3) is 3.50. The lowest BCUT2D eigenvalue weighted by Crippen LogP contribution is -2.58. The van der Waals surface area contributed by atoms with Crippen molar-refractivity contribution in [1.29, 1.82) is 0 Å².